The van der Waals surface area contributed by atoms with E-state index in [2.05, 4.69) is 52.9 Å². The Kier molecular flexibility index (Phi) is 33.4. The second-order valence-corrected chi connectivity index (χ2v) is 40.4. The van der Waals surface area contributed by atoms with Gasteiger partial charge in [-0.1, -0.05) is 118 Å². The summed E-state index contributed by atoms with van der Waals surface area (Å²) in [4.78, 5) is 45.5. The average Bonchev–Trinajstić information content (AvgIpc) is 0.672. The predicted octanol–water partition coefficient (Wildman–Crippen LogP) is -3.15. The van der Waals surface area contributed by atoms with E-state index < -0.39 is 317 Å². The number of nitrogens with one attached hydrogen (secondary N) is 1. The molecule has 12 fully saturated rings. The van der Waals surface area contributed by atoms with E-state index in [9.17, 15) is 112 Å². The lowest BCUT2D eigenvalue weighted by atomic mass is 9.33. The van der Waals surface area contributed by atoms with Crippen molar-refractivity contribution in [1.29, 1.82) is 0 Å². The highest BCUT2D eigenvalue weighted by Crippen LogP contribution is 2.76. The molecule has 5 aliphatic carbocycles. The monoisotopic (exact) mass is 1840 g/mol. The zero-order chi connectivity index (χ0) is 93.1. The quantitative estimate of drug-likeness (QED) is 0.0107. The molecule has 4 saturated carbocycles. The van der Waals surface area contributed by atoms with Gasteiger partial charge in [0, 0.05) is 6.54 Å². The molecule has 1 amide bonds. The van der Waals surface area contributed by atoms with E-state index >= 15 is 4.79 Å². The van der Waals surface area contributed by atoms with E-state index in [4.69, 9.17) is 75.8 Å². The van der Waals surface area contributed by atoms with Crippen molar-refractivity contribution >= 4 is 18.2 Å². The maximum Gasteiger partial charge on any atom is 0.315 e. The number of unbranched alkanes of at least 4 members (excludes halogenated alkanes) is 9. The zero-order valence-corrected chi connectivity index (χ0v) is 74.8. The second kappa shape index (κ2) is 41.7. The largest absolute Gasteiger partial charge is 0.432 e. The van der Waals surface area contributed by atoms with Gasteiger partial charge in [0.2, 0.25) is 6.29 Å². The van der Waals surface area contributed by atoms with Crippen LogP contribution < -0.4 is 5.32 Å². The van der Waals surface area contributed by atoms with Gasteiger partial charge in [-0.2, -0.15) is 0 Å². The number of hydrogen-bond acceptors (Lipinski definition) is 39. The lowest BCUT2D eigenvalue weighted by Gasteiger charge is -2.71. The minimum atomic E-state index is -2.18. The standard InChI is InChI=1S/C88H145NO39/c1-11-12-13-14-15-16-17-18-19-20-31-89-73(111)70-63(108)68(123-76-61(106)56(101)50(95)38(2)115-76)72(127-77-62(107)57(102)54(99)45(33-90)118-77)81(125-70)120-49-24-25-84(7)47(85(49,8)37-92)23-26-87(10)48(84)22-21-41-42-32-83(5,6)27-29-88(42,30-28-86(41,87)9)82(112)128-80-71(58(103)51(96)39(3)116-80)126-78-65(110)69(66(40(4)117-78)121-74-59(104)52(97)43(93)35-113-74)124-79-64(109)67(55(100)46(34-91)119-79)122-75-60(105)53(98)44(94)36-114-75/h21,37-40,42-72,74-81,90-91,93-110H,11-20,22-36H2,1-10H3,(H,89,111)/t38-,39+,40-,42-,43+,44+,45+,46+,47+,48+,49-,50-,51-,52-,53-,54-,55+,56+,57-,58-,59+,60+,61+,62+,63-,64+,65+,66-,67-,68-,69-,70-,71+,72+,74-,75-,76-,77-,78-,79-,80-,81+,84-,85-,86+,87+,88-/m0/s1. The number of rotatable bonds is 31. The van der Waals surface area contributed by atoms with Crippen LogP contribution in [0.3, 0.4) is 0 Å². The van der Waals surface area contributed by atoms with Gasteiger partial charge in [0.15, 0.2) is 56.2 Å². The van der Waals surface area contributed by atoms with E-state index in [1.807, 2.05) is 0 Å². The van der Waals surface area contributed by atoms with Gasteiger partial charge in [-0.05, 0) is 131 Å². The molecule has 8 aliphatic heterocycles. The Labute approximate surface area is 744 Å². The number of hydrogen-bond donors (Lipinski definition) is 21. The normalized spacial score (nSPS) is 50.9. The van der Waals surface area contributed by atoms with E-state index in [1.165, 1.54) is 40.0 Å². The summed E-state index contributed by atoms with van der Waals surface area (Å²) >= 11 is 0. The van der Waals surface area contributed by atoms with Crippen LogP contribution in [0.1, 0.15) is 198 Å². The fraction of sp³-hybridized carbons (Fsp3) is 0.943. The third kappa shape index (κ3) is 19.8. The molecule has 0 spiro atoms. The van der Waals surface area contributed by atoms with Gasteiger partial charge in [0.05, 0.1) is 61.7 Å². The van der Waals surface area contributed by atoms with E-state index in [0.717, 1.165) is 50.4 Å². The van der Waals surface area contributed by atoms with Crippen molar-refractivity contribution in [2.75, 3.05) is 33.0 Å². The maximum absolute atomic E-state index is 16.1. The van der Waals surface area contributed by atoms with Crippen LogP contribution >= 0.6 is 0 Å². The molecular formula is C88H145NO39. The fourth-order valence-corrected chi connectivity index (χ4v) is 23.5. The number of amides is 1. The minimum absolute atomic E-state index is 0.133. The Hall–Kier alpha value is -3.05. The van der Waals surface area contributed by atoms with Crippen LogP contribution in [0.5, 0.6) is 0 Å². The maximum atomic E-state index is 16.1. The summed E-state index contributed by atoms with van der Waals surface area (Å²) in [5.41, 5.74) is -3.73. The van der Waals surface area contributed by atoms with Crippen LogP contribution in [0.4, 0.5) is 0 Å². The van der Waals surface area contributed by atoms with E-state index in [0.29, 0.717) is 57.8 Å². The number of fused-ring (bicyclic) bond motifs is 7. The van der Waals surface area contributed by atoms with Gasteiger partial charge < -0.3 is 188 Å². The number of aliphatic hydroxyl groups excluding tert-OH is 20. The molecule has 0 aromatic carbocycles. The highest BCUT2D eigenvalue weighted by atomic mass is 16.8. The number of allylic oxidation sites excluding steroid dienone is 2. The Morgan fingerprint density at radius 1 is 0.438 bits per heavy atom. The molecule has 0 bridgehead atoms. The highest BCUT2D eigenvalue weighted by Gasteiger charge is 2.72. The number of carbonyl (C=O) groups excluding carboxylic acids is 3. The smallest absolute Gasteiger partial charge is 0.315 e. The van der Waals surface area contributed by atoms with Crippen molar-refractivity contribution in [3.05, 3.63) is 11.6 Å². The van der Waals surface area contributed by atoms with Crippen LogP contribution in [-0.2, 0) is 90.2 Å². The van der Waals surface area contributed by atoms with Crippen molar-refractivity contribution in [3.63, 3.8) is 0 Å². The minimum Gasteiger partial charge on any atom is -0.432 e. The number of aldehydes is 1. The van der Waals surface area contributed by atoms with Gasteiger partial charge in [-0.3, -0.25) is 9.59 Å². The molecule has 40 heteroatoms. The summed E-state index contributed by atoms with van der Waals surface area (Å²) in [6, 6.07) is 0. The van der Waals surface area contributed by atoms with Crippen LogP contribution in [0.2, 0.25) is 0 Å². The fourth-order valence-electron chi connectivity index (χ4n) is 23.5. The second-order valence-electron chi connectivity index (χ2n) is 40.4. The summed E-state index contributed by atoms with van der Waals surface area (Å²) in [6.07, 6.45) is -52.4. The van der Waals surface area contributed by atoms with Gasteiger partial charge in [0.1, 0.15) is 159 Å². The molecule has 47 atom stereocenters. The van der Waals surface area contributed by atoms with Crippen LogP contribution in [0, 0.1) is 50.2 Å². The van der Waals surface area contributed by atoms with Crippen LogP contribution in [0.15, 0.2) is 11.6 Å². The molecule has 128 heavy (non-hydrogen) atoms. The number of esters is 1. The molecular weight excluding hydrogens is 1690 g/mol. The van der Waals surface area contributed by atoms with Crippen molar-refractivity contribution < 1.29 is 192 Å². The average molecular weight is 1840 g/mol. The van der Waals surface area contributed by atoms with E-state index in [-0.39, 0.29) is 30.7 Å². The molecule has 13 aliphatic rings. The summed E-state index contributed by atoms with van der Waals surface area (Å²) < 4.78 is 99.3. The molecule has 0 aromatic rings. The molecule has 21 N–H and O–H groups in total. The zero-order valence-electron chi connectivity index (χ0n) is 74.8. The van der Waals surface area contributed by atoms with E-state index in [1.54, 1.807) is 6.92 Å². The lowest BCUT2D eigenvalue weighted by Crippen LogP contribution is -2.69. The molecule has 0 radical (unpaired) electrons. The Morgan fingerprint density at radius 2 is 0.922 bits per heavy atom. The third-order valence-electron chi connectivity index (χ3n) is 31.8. The van der Waals surface area contributed by atoms with Gasteiger partial charge in [-0.15, -0.1) is 0 Å². The topological polar surface area (TPSA) is 616 Å². The first kappa shape index (κ1) is 102. The number of aliphatic hydroxyl groups is 20. The number of carbonyl (C=O) groups is 3. The van der Waals surface area contributed by atoms with Crippen LogP contribution in [-0.4, -0.2) is 393 Å². The first-order valence-corrected chi connectivity index (χ1v) is 46.4. The molecule has 8 heterocycles. The van der Waals surface area contributed by atoms with Crippen molar-refractivity contribution in [3.8, 4) is 0 Å². The predicted molar refractivity (Wildman–Crippen MR) is 435 cm³/mol. The molecule has 0 unspecified atom stereocenters. The molecule has 40 nitrogen and oxygen atoms in total. The molecule has 736 valence electrons. The SMILES string of the molecule is CCCCCCCCCCCCNC(=O)[C@H]1O[C@@H](O[C@H]2CC[C@]3(C)[C@H]4CC=C5[C@@H]6CC(C)(C)CC[C@]6(C(=O)O[C@@H]6O[C@H](C)[C@H](O)[C@H](O)[C@H]6O[C@@H]6O[C@@H](C)[C@H](O[C@@H]7OC[C@@H](O)[C@H](O)[C@H]7O)[C@@H](O[C@@H]7O[C@H](CO)[C@@H](O)[C@H](O[C@@H]8OC[C@@H](O)[C@H](O)[C@H]8O)[C@H]7O)[C@H]6O)CC[C@@]5(C)[C@]4(C)CC[C@H]3[C@]2(C)C=O)[C@H](O[C@@H]2O[C@H](CO)[C@H](O)[C@H](O)[C@H]2O)[C@@H](O[C@@H]2O[C@@H](C)[C@H](O)[C@@H](O)[C@H]2O)[C@@H]1O. The molecule has 0 aromatic heterocycles. The Bertz CT molecular complexity index is 3650. The molecule has 8 saturated heterocycles. The third-order valence-corrected chi connectivity index (χ3v) is 31.8. The van der Waals surface area contributed by atoms with Crippen molar-refractivity contribution in [1.82, 2.24) is 5.32 Å². The lowest BCUT2D eigenvalue weighted by molar-refractivity contribution is -0.399. The summed E-state index contributed by atoms with van der Waals surface area (Å²) in [6.45, 7) is 16.4. The Balaban J connectivity index is 0.759. The number of ether oxygens (including phenoxy) is 16. The summed E-state index contributed by atoms with van der Waals surface area (Å²) in [5.74, 6) is -2.56. The van der Waals surface area contributed by atoms with Gasteiger partial charge in [0.25, 0.3) is 5.91 Å². The van der Waals surface area contributed by atoms with Crippen LogP contribution in [0.25, 0.3) is 0 Å². The summed E-state index contributed by atoms with van der Waals surface area (Å²) in [7, 11) is 0. The summed E-state index contributed by atoms with van der Waals surface area (Å²) in [5, 5.41) is 227. The van der Waals surface area contributed by atoms with Gasteiger partial charge >= 0.3 is 5.97 Å². The van der Waals surface area contributed by atoms with Crippen molar-refractivity contribution in [2.45, 2.75) is 437 Å². The Morgan fingerprint density at radius 3 is 1.52 bits per heavy atom. The van der Waals surface area contributed by atoms with Gasteiger partial charge in [-0.25, -0.2) is 0 Å². The highest BCUT2D eigenvalue weighted by molar-refractivity contribution is 5.82. The first-order chi connectivity index (χ1) is 60.5. The first-order valence-electron chi connectivity index (χ1n) is 46.4. The molecule has 13 rings (SSSR count). The van der Waals surface area contributed by atoms with Crippen molar-refractivity contribution in [2.24, 2.45) is 50.2 Å².